The molecule has 2 heterocycles. The van der Waals surface area contributed by atoms with Gasteiger partial charge in [-0.1, -0.05) is 6.07 Å². The van der Waals surface area contributed by atoms with Crippen LogP contribution in [-0.4, -0.2) is 49.3 Å². The van der Waals surface area contributed by atoms with Gasteiger partial charge in [-0.2, -0.15) is 13.2 Å². The number of nitrogens with one attached hydrogen (secondary N) is 1. The number of benzene rings is 1. The van der Waals surface area contributed by atoms with E-state index >= 15 is 0 Å². The lowest BCUT2D eigenvalue weighted by Gasteiger charge is -2.43. The van der Waals surface area contributed by atoms with Crippen LogP contribution in [0.25, 0.3) is 10.9 Å². The number of hydrogen-bond donors (Lipinski definition) is 1. The van der Waals surface area contributed by atoms with Gasteiger partial charge < -0.3 is 15.0 Å². The van der Waals surface area contributed by atoms with Gasteiger partial charge in [-0.25, -0.2) is 0 Å². The van der Waals surface area contributed by atoms with Crippen LogP contribution in [0.4, 0.5) is 18.9 Å². The van der Waals surface area contributed by atoms with Gasteiger partial charge in [-0.05, 0) is 45.1 Å². The Balaban J connectivity index is 1.86. The fourth-order valence-corrected chi connectivity index (χ4v) is 3.27. The minimum Gasteiger partial charge on any atom is -0.383 e. The van der Waals surface area contributed by atoms with Crippen molar-refractivity contribution in [2.75, 3.05) is 39.2 Å². The number of pyridine rings is 1. The van der Waals surface area contributed by atoms with Gasteiger partial charge in [-0.15, -0.1) is 0 Å². The first-order valence-electron chi connectivity index (χ1n) is 8.27. The normalized spacial score (nSPS) is 17.8. The van der Waals surface area contributed by atoms with Crippen molar-refractivity contribution in [2.24, 2.45) is 0 Å². The van der Waals surface area contributed by atoms with E-state index in [0.29, 0.717) is 30.7 Å². The molecule has 1 N–H and O–H groups in total. The molecule has 0 saturated carbocycles. The number of nitrogens with zero attached hydrogens (tertiary/aromatic N) is 2. The number of fused-ring (bicyclic) bond motifs is 1. The van der Waals surface area contributed by atoms with Crippen LogP contribution in [0.1, 0.15) is 18.4 Å². The third kappa shape index (κ3) is 3.72. The second kappa shape index (κ2) is 6.80. The molecule has 2 aromatic rings. The zero-order chi connectivity index (χ0) is 18.1. The van der Waals surface area contributed by atoms with Crippen molar-refractivity contribution in [2.45, 2.75) is 24.6 Å². The van der Waals surface area contributed by atoms with Gasteiger partial charge in [0.1, 0.15) is 0 Å². The van der Waals surface area contributed by atoms with Gasteiger partial charge in [0.25, 0.3) is 0 Å². The lowest BCUT2D eigenvalue weighted by atomic mass is 9.88. The van der Waals surface area contributed by atoms with Crippen molar-refractivity contribution in [1.82, 2.24) is 9.88 Å². The lowest BCUT2D eigenvalue weighted by molar-refractivity contribution is -0.137. The molecule has 136 valence electrons. The van der Waals surface area contributed by atoms with Gasteiger partial charge in [0.15, 0.2) is 0 Å². The number of likely N-dealkylation sites (N-methyl/N-ethyl adjacent to an activating group) is 1. The van der Waals surface area contributed by atoms with Gasteiger partial charge in [0.2, 0.25) is 0 Å². The van der Waals surface area contributed by atoms with Crippen LogP contribution < -0.4 is 5.32 Å². The van der Waals surface area contributed by atoms with Crippen LogP contribution in [0.2, 0.25) is 0 Å². The largest absolute Gasteiger partial charge is 0.416 e. The highest BCUT2D eigenvalue weighted by molar-refractivity contribution is 5.91. The minimum atomic E-state index is -4.36. The molecule has 1 aliphatic heterocycles. The summed E-state index contributed by atoms with van der Waals surface area (Å²) in [5.41, 5.74) is 0.427. The molecule has 0 spiro atoms. The molecule has 1 aromatic heterocycles. The Hall–Kier alpha value is -1.86. The summed E-state index contributed by atoms with van der Waals surface area (Å²) in [6.07, 6.45) is -1.00. The molecule has 3 rings (SSSR count). The van der Waals surface area contributed by atoms with Crippen LogP contribution in [0.3, 0.4) is 0 Å². The number of hydrogen-bond acceptors (Lipinski definition) is 4. The molecular weight excluding hydrogens is 331 g/mol. The summed E-state index contributed by atoms with van der Waals surface area (Å²) in [6.45, 7) is 2.13. The summed E-state index contributed by atoms with van der Waals surface area (Å²) >= 11 is 0. The number of alkyl halides is 3. The van der Waals surface area contributed by atoms with E-state index in [9.17, 15) is 13.2 Å². The summed E-state index contributed by atoms with van der Waals surface area (Å²) in [5.74, 6) is 0. The monoisotopic (exact) mass is 353 g/mol. The third-order valence-corrected chi connectivity index (χ3v) is 5.05. The maximum absolute atomic E-state index is 12.9. The topological polar surface area (TPSA) is 37.4 Å². The highest BCUT2D eigenvalue weighted by Crippen LogP contribution is 2.33. The van der Waals surface area contributed by atoms with Crippen LogP contribution in [-0.2, 0) is 10.9 Å². The Morgan fingerprint density at radius 2 is 1.92 bits per heavy atom. The standard InChI is InChI=1S/C18H22F3N3O/c1-24(2)17(6-9-25-10-7-17)12-23-15-5-8-22-16-11-13(18(19,20)21)3-4-14(15)16/h3-5,8,11H,6-7,9-10,12H2,1-2H3,(H,22,23). The first-order chi connectivity index (χ1) is 11.8. The Bertz CT molecular complexity index is 740. The first-order valence-corrected chi connectivity index (χ1v) is 8.27. The molecule has 4 nitrogen and oxygen atoms in total. The lowest BCUT2D eigenvalue weighted by Crippen LogP contribution is -2.53. The molecule has 0 unspecified atom stereocenters. The van der Waals surface area contributed by atoms with Crippen LogP contribution in [0, 0.1) is 0 Å². The van der Waals surface area contributed by atoms with E-state index in [1.54, 1.807) is 6.07 Å². The predicted molar refractivity (Wildman–Crippen MR) is 91.7 cm³/mol. The summed E-state index contributed by atoms with van der Waals surface area (Å²) in [5, 5.41) is 4.11. The van der Waals surface area contributed by atoms with E-state index < -0.39 is 11.7 Å². The fourth-order valence-electron chi connectivity index (χ4n) is 3.27. The van der Waals surface area contributed by atoms with Crippen molar-refractivity contribution in [3.63, 3.8) is 0 Å². The molecule has 1 fully saturated rings. The zero-order valence-corrected chi connectivity index (χ0v) is 14.4. The number of aromatic nitrogens is 1. The van der Waals surface area contributed by atoms with Gasteiger partial charge in [-0.3, -0.25) is 4.98 Å². The molecule has 0 aliphatic carbocycles. The van der Waals surface area contributed by atoms with Gasteiger partial charge in [0.05, 0.1) is 11.1 Å². The number of anilines is 1. The Kier molecular flexibility index (Phi) is 4.88. The number of rotatable bonds is 4. The second-order valence-electron chi connectivity index (χ2n) is 6.67. The Morgan fingerprint density at radius 1 is 1.20 bits per heavy atom. The van der Waals surface area contributed by atoms with Crippen LogP contribution >= 0.6 is 0 Å². The molecule has 1 aliphatic rings. The molecule has 0 atom stereocenters. The fraction of sp³-hybridized carbons (Fsp3) is 0.500. The second-order valence-corrected chi connectivity index (χ2v) is 6.67. The van der Waals surface area contributed by atoms with E-state index in [-0.39, 0.29) is 5.54 Å². The molecule has 25 heavy (non-hydrogen) atoms. The summed E-state index contributed by atoms with van der Waals surface area (Å²) < 4.78 is 44.1. The summed E-state index contributed by atoms with van der Waals surface area (Å²) in [7, 11) is 4.10. The molecule has 1 aromatic carbocycles. The Morgan fingerprint density at radius 3 is 2.56 bits per heavy atom. The average Bonchev–Trinajstić information content (AvgIpc) is 2.59. The maximum atomic E-state index is 12.9. The maximum Gasteiger partial charge on any atom is 0.416 e. The minimum absolute atomic E-state index is 0.0280. The van der Waals surface area contributed by atoms with Crippen molar-refractivity contribution >= 4 is 16.6 Å². The van der Waals surface area contributed by atoms with Crippen LogP contribution in [0.5, 0.6) is 0 Å². The quantitative estimate of drug-likeness (QED) is 0.908. The predicted octanol–water partition coefficient (Wildman–Crippen LogP) is 3.78. The van der Waals surface area contributed by atoms with E-state index in [4.69, 9.17) is 4.74 Å². The highest BCUT2D eigenvalue weighted by atomic mass is 19.4. The van der Waals surface area contributed by atoms with Crippen molar-refractivity contribution < 1.29 is 17.9 Å². The van der Waals surface area contributed by atoms with Gasteiger partial charge >= 0.3 is 6.18 Å². The Labute approximate surface area is 145 Å². The number of ether oxygens (including phenoxy) is 1. The third-order valence-electron chi connectivity index (χ3n) is 5.05. The average molecular weight is 353 g/mol. The SMILES string of the molecule is CN(C)C1(CNc2ccnc3cc(C(F)(F)F)ccc23)CCOCC1. The highest BCUT2D eigenvalue weighted by Gasteiger charge is 2.35. The van der Waals surface area contributed by atoms with Crippen molar-refractivity contribution in [3.05, 3.63) is 36.0 Å². The molecule has 0 bridgehead atoms. The van der Waals surface area contributed by atoms with E-state index in [2.05, 4.69) is 15.2 Å². The zero-order valence-electron chi connectivity index (χ0n) is 14.4. The molecular formula is C18H22F3N3O. The molecule has 0 amide bonds. The van der Waals surface area contributed by atoms with E-state index in [1.165, 1.54) is 12.3 Å². The van der Waals surface area contributed by atoms with Gasteiger partial charge in [0, 0.05) is 42.6 Å². The first kappa shape index (κ1) is 17.9. The summed E-state index contributed by atoms with van der Waals surface area (Å²) in [6, 6.07) is 5.49. The molecule has 7 heteroatoms. The molecule has 1 saturated heterocycles. The van der Waals surface area contributed by atoms with Crippen molar-refractivity contribution in [1.29, 1.82) is 0 Å². The number of halogens is 3. The van der Waals surface area contributed by atoms with Crippen LogP contribution in [0.15, 0.2) is 30.5 Å². The summed E-state index contributed by atoms with van der Waals surface area (Å²) in [4.78, 5) is 6.29. The van der Waals surface area contributed by atoms with E-state index in [0.717, 1.165) is 30.7 Å². The van der Waals surface area contributed by atoms with Crippen molar-refractivity contribution in [3.8, 4) is 0 Å². The smallest absolute Gasteiger partial charge is 0.383 e. The molecule has 0 radical (unpaired) electrons. The van der Waals surface area contributed by atoms with E-state index in [1.807, 2.05) is 14.1 Å².